The number of unbranched alkanes of at least 4 members (excludes halogenated alkanes) is 3. The average molecular weight is 1250 g/mol. The zero-order valence-electron chi connectivity index (χ0n) is 51.3. The Morgan fingerprint density at radius 2 is 1.22 bits per heavy atom. The molecule has 2 heterocycles. The fourth-order valence-corrected chi connectivity index (χ4v) is 9.51. The third-order valence-corrected chi connectivity index (χ3v) is 14.8. The van der Waals surface area contributed by atoms with E-state index < -0.39 is 198 Å². The summed E-state index contributed by atoms with van der Waals surface area (Å²) in [5.74, 6) is -25.4. The largest absolute Gasteiger partial charge is 0.481 e. The second kappa shape index (κ2) is 36.1. The molecular weight excluding hydrogens is 1160 g/mol. The molecule has 0 aromatic rings. The first-order valence-electron chi connectivity index (χ1n) is 29.3. The molecule has 0 radical (unpaired) electrons. The van der Waals surface area contributed by atoms with Crippen LogP contribution in [0.25, 0.3) is 0 Å². The van der Waals surface area contributed by atoms with Crippen molar-refractivity contribution < 1.29 is 97.5 Å². The van der Waals surface area contributed by atoms with E-state index in [0.717, 1.165) is 44.1 Å². The van der Waals surface area contributed by atoms with Crippen LogP contribution in [-0.4, -0.2) is 205 Å². The van der Waals surface area contributed by atoms with Crippen LogP contribution in [0, 0.1) is 35.5 Å². The third kappa shape index (κ3) is 23.8. The van der Waals surface area contributed by atoms with E-state index in [4.69, 9.17) is 5.73 Å². The number of hydrogen-bond acceptors (Lipinski definition) is 17. The lowest BCUT2D eigenvalue weighted by molar-refractivity contribution is -0.153. The van der Waals surface area contributed by atoms with Gasteiger partial charge in [-0.15, -0.1) is 0 Å². The highest BCUT2D eigenvalue weighted by atomic mass is 16.4. The smallest absolute Gasteiger partial charge is 0.335 e. The van der Waals surface area contributed by atoms with Gasteiger partial charge >= 0.3 is 23.9 Å². The Balaban J connectivity index is 2.96. The Bertz CT molecular complexity index is 2580. The molecule has 88 heavy (non-hydrogen) atoms. The average Bonchev–Trinajstić information content (AvgIpc) is 1.69. The van der Waals surface area contributed by atoms with Crippen LogP contribution in [0.15, 0.2) is 12.2 Å². The molecule has 0 bridgehead atoms. The number of rotatable bonds is 23. The van der Waals surface area contributed by atoms with Crippen LogP contribution in [0.3, 0.4) is 0 Å². The van der Waals surface area contributed by atoms with Crippen molar-refractivity contribution in [1.82, 2.24) is 58.1 Å². The highest BCUT2D eigenvalue weighted by Crippen LogP contribution is 2.26. The van der Waals surface area contributed by atoms with E-state index in [0.29, 0.717) is 12.3 Å². The van der Waals surface area contributed by atoms with E-state index in [2.05, 4.69) is 51.1 Å². The number of aliphatic hydroxyl groups excluding tert-OH is 1. The van der Waals surface area contributed by atoms with Crippen LogP contribution in [-0.2, 0) is 71.9 Å². The van der Waals surface area contributed by atoms with E-state index in [-0.39, 0.29) is 38.8 Å². The summed E-state index contributed by atoms with van der Waals surface area (Å²) in [7, 11) is 0. The Morgan fingerprint density at radius 3 is 1.77 bits per heavy atom. The molecule has 2 fully saturated rings. The summed E-state index contributed by atoms with van der Waals surface area (Å²) in [4.78, 5) is 205. The SMILES string of the molecule is CC(C)CCCC/C=C/C(=O)N[C@H](C(=O)N[C@@H]1C(=O)N[C@H](C(C)C)C(=O)N[C@@H](CCCCN)C(=O)N[C@@H](C(O)C(=O)O)C(=O)N[C@@H](CC(=O)O)C(=O)NCC(=O)N[C@H](C(C)C(=O)O)C(=O)N[C@@H](C(C)C)C(=O)N2C[C@H](C)C[C@H]2C(=O)NC1C)C(C)C(=O)O. The van der Waals surface area contributed by atoms with E-state index in [1.54, 1.807) is 6.92 Å². The summed E-state index contributed by atoms with van der Waals surface area (Å²) >= 11 is 0. The van der Waals surface area contributed by atoms with E-state index in [1.165, 1.54) is 40.7 Å². The van der Waals surface area contributed by atoms with Crippen molar-refractivity contribution in [2.24, 2.45) is 41.2 Å². The van der Waals surface area contributed by atoms with Gasteiger partial charge in [-0.3, -0.25) is 67.1 Å². The maximum atomic E-state index is 14.8. The molecule has 17 N–H and O–H groups in total. The van der Waals surface area contributed by atoms with Crippen molar-refractivity contribution in [3.63, 3.8) is 0 Å². The van der Waals surface area contributed by atoms with Gasteiger partial charge < -0.3 is 89.3 Å². The van der Waals surface area contributed by atoms with Gasteiger partial charge in [0.25, 0.3) is 0 Å². The second-order valence-electron chi connectivity index (χ2n) is 23.4. The molecule has 2 saturated heterocycles. The Kier molecular flexibility index (Phi) is 31.1. The van der Waals surface area contributed by atoms with Crippen LogP contribution in [0.5, 0.6) is 0 Å². The molecule has 32 heteroatoms. The number of nitrogens with one attached hydrogen (secondary N) is 10. The Morgan fingerprint density at radius 1 is 0.636 bits per heavy atom. The van der Waals surface area contributed by atoms with Gasteiger partial charge in [-0.1, -0.05) is 67.4 Å². The van der Waals surface area contributed by atoms with Gasteiger partial charge in [0.2, 0.25) is 65.0 Å². The number of carbonyl (C=O) groups is 15. The zero-order valence-corrected chi connectivity index (χ0v) is 51.3. The number of aliphatic carboxylic acids is 4. The summed E-state index contributed by atoms with van der Waals surface area (Å²) in [6.07, 6.45) is 1.48. The van der Waals surface area contributed by atoms with Crippen molar-refractivity contribution in [3.05, 3.63) is 12.2 Å². The van der Waals surface area contributed by atoms with Crippen LogP contribution in [0.4, 0.5) is 0 Å². The summed E-state index contributed by atoms with van der Waals surface area (Å²) < 4.78 is 0. The molecule has 2 rings (SSSR count). The number of carbonyl (C=O) groups excluding carboxylic acids is 11. The van der Waals surface area contributed by atoms with Gasteiger partial charge in [-0.25, -0.2) is 4.79 Å². The first-order valence-corrected chi connectivity index (χ1v) is 29.3. The van der Waals surface area contributed by atoms with E-state index >= 15 is 0 Å². The molecule has 0 spiro atoms. The first-order chi connectivity index (χ1) is 41.0. The van der Waals surface area contributed by atoms with Gasteiger partial charge in [0, 0.05) is 6.54 Å². The molecule has 32 nitrogen and oxygen atoms in total. The number of carboxylic acids is 4. The van der Waals surface area contributed by atoms with Gasteiger partial charge in [-0.05, 0) is 95.6 Å². The van der Waals surface area contributed by atoms with Crippen molar-refractivity contribution >= 4 is 88.9 Å². The minimum absolute atomic E-state index is 0.0230. The standard InChI is InChI=1S/C56H90N12O20/c1-25(2)17-13-11-12-14-19-35(69)62-40(29(8)54(83)84)50(79)66-42-31(10)59-47(76)34-21-28(7)24-68(34)53(82)39(27(5)6)65-49(78)41(30(9)55(85)86)63-36(70)23-58-45(74)33(22-37(71)72)61-52(81)43(44(73)56(87)88)67-46(75)32(18-15-16-20-57)60-48(77)38(26(3)4)64-51(42)80/h14,19,25-34,38-44,73H,11-13,15-18,20-24,57H2,1-10H3,(H,58,74)(H,59,76)(H,60,77)(H,61,81)(H,62,69)(H,63,70)(H,64,80)(H,65,78)(H,66,79)(H,67,75)(H,71,72)(H,83,84)(H,85,86)(H,87,88)/b19-14+/t28-,29?,30?,31?,32+,33+,34+,38-,39+,40+,41-,42+,43+,44?/m1/s1. The molecule has 11 amide bonds. The quantitative estimate of drug-likeness (QED) is 0.0346. The van der Waals surface area contributed by atoms with Crippen molar-refractivity contribution in [2.75, 3.05) is 19.6 Å². The molecule has 2 aliphatic heterocycles. The number of nitrogens with zero attached hydrogens (tertiary/aromatic N) is 1. The number of fused-ring (bicyclic) bond motifs is 1. The highest BCUT2D eigenvalue weighted by Gasteiger charge is 2.45. The van der Waals surface area contributed by atoms with Crippen LogP contribution < -0.4 is 58.9 Å². The maximum Gasteiger partial charge on any atom is 0.335 e. The lowest BCUT2D eigenvalue weighted by atomic mass is 9.97. The summed E-state index contributed by atoms with van der Waals surface area (Å²) in [5.41, 5.74) is 5.69. The minimum Gasteiger partial charge on any atom is -0.481 e. The topological polar surface area (TPSA) is 507 Å². The zero-order chi connectivity index (χ0) is 67.0. The lowest BCUT2D eigenvalue weighted by Gasteiger charge is -2.34. The number of hydrogen-bond donors (Lipinski definition) is 16. The number of nitrogens with two attached hydrogens (primary N) is 1. The van der Waals surface area contributed by atoms with Crippen LogP contribution in [0.2, 0.25) is 0 Å². The van der Waals surface area contributed by atoms with Gasteiger partial charge in [0.1, 0.15) is 54.4 Å². The lowest BCUT2D eigenvalue weighted by Crippen LogP contribution is -2.65. The molecule has 0 saturated carbocycles. The summed E-state index contributed by atoms with van der Waals surface area (Å²) in [6.45, 7) is 13.9. The molecule has 2 aliphatic rings. The molecule has 0 aliphatic carbocycles. The molecule has 14 atom stereocenters. The fourth-order valence-electron chi connectivity index (χ4n) is 9.51. The van der Waals surface area contributed by atoms with Crippen LogP contribution in [0.1, 0.15) is 127 Å². The summed E-state index contributed by atoms with van der Waals surface area (Å²) in [6, 6.07) is -18.5. The Labute approximate surface area is 509 Å². The van der Waals surface area contributed by atoms with Gasteiger partial charge in [0.05, 0.1) is 30.8 Å². The normalized spacial score (nSPS) is 25.9. The highest BCUT2D eigenvalue weighted by molar-refractivity contribution is 6.02. The van der Waals surface area contributed by atoms with Crippen molar-refractivity contribution in [2.45, 2.75) is 194 Å². The molecule has 0 aromatic heterocycles. The minimum atomic E-state index is -2.83. The number of carboxylic acid groups (broad SMARTS) is 4. The van der Waals surface area contributed by atoms with Crippen molar-refractivity contribution in [3.8, 4) is 0 Å². The monoisotopic (exact) mass is 1250 g/mol. The van der Waals surface area contributed by atoms with E-state index in [9.17, 15) is 97.5 Å². The predicted octanol–water partition coefficient (Wildman–Crippen LogP) is -3.69. The number of aliphatic hydroxyl groups is 1. The van der Waals surface area contributed by atoms with Gasteiger partial charge in [-0.2, -0.15) is 0 Å². The molecule has 4 unspecified atom stereocenters. The molecule has 494 valence electrons. The predicted molar refractivity (Wildman–Crippen MR) is 310 cm³/mol. The van der Waals surface area contributed by atoms with Crippen molar-refractivity contribution in [1.29, 1.82) is 0 Å². The van der Waals surface area contributed by atoms with Crippen LogP contribution >= 0.6 is 0 Å². The second-order valence-corrected chi connectivity index (χ2v) is 23.4. The first kappa shape index (κ1) is 75.8. The van der Waals surface area contributed by atoms with Gasteiger partial charge in [0.15, 0.2) is 6.10 Å². The molecular formula is C56H90N12O20. The number of allylic oxidation sites excluding steroid dienone is 1. The number of amides is 11. The maximum absolute atomic E-state index is 14.8. The molecule has 0 aromatic carbocycles. The van der Waals surface area contributed by atoms with E-state index in [1.807, 2.05) is 16.0 Å². The fraction of sp³-hybridized carbons (Fsp3) is 0.696. The summed E-state index contributed by atoms with van der Waals surface area (Å²) in [5, 5.41) is 73.2. The Hall–Kier alpha value is -8.29. The third-order valence-electron chi connectivity index (χ3n) is 14.8.